The fourth-order valence-electron chi connectivity index (χ4n) is 4.80. The number of benzene rings is 2. The van der Waals surface area contributed by atoms with Crippen LogP contribution in [-0.2, 0) is 10.0 Å². The third-order valence-corrected chi connectivity index (χ3v) is 8.59. The van der Waals surface area contributed by atoms with E-state index >= 15 is 0 Å². The maximum atomic E-state index is 13.6. The Labute approximate surface area is 224 Å². The number of amides is 1. The molecule has 2 heterocycles. The van der Waals surface area contributed by atoms with Crippen molar-refractivity contribution >= 4 is 21.9 Å². The first-order chi connectivity index (χ1) is 18.4. The number of rotatable bonds is 4. The van der Waals surface area contributed by atoms with Crippen molar-refractivity contribution in [1.29, 1.82) is 0 Å². The Morgan fingerprint density at radius 2 is 1.74 bits per heavy atom. The summed E-state index contributed by atoms with van der Waals surface area (Å²) in [5.74, 6) is -0.840. The molecule has 206 valence electrons. The molecule has 0 radical (unpaired) electrons. The summed E-state index contributed by atoms with van der Waals surface area (Å²) in [6.45, 7) is 3.61. The Bertz CT molecular complexity index is 1520. The molecule has 1 atom stereocenters. The number of hydrogen-bond acceptors (Lipinski definition) is 6. The third-order valence-electron chi connectivity index (χ3n) is 7.27. The van der Waals surface area contributed by atoms with Gasteiger partial charge in [0.1, 0.15) is 6.61 Å². The Balaban J connectivity index is 1.55. The second-order valence-electron chi connectivity index (χ2n) is 10.1. The van der Waals surface area contributed by atoms with Crippen molar-refractivity contribution in [2.75, 3.05) is 11.3 Å². The van der Waals surface area contributed by atoms with Gasteiger partial charge < -0.3 is 10.1 Å². The molecule has 1 fully saturated rings. The van der Waals surface area contributed by atoms with Crippen LogP contribution in [0.25, 0.3) is 11.3 Å². The highest BCUT2D eigenvalue weighted by Crippen LogP contribution is 2.60. The van der Waals surface area contributed by atoms with Crippen LogP contribution in [-0.4, -0.2) is 43.1 Å². The quantitative estimate of drug-likeness (QED) is 0.455. The number of nitrogens with one attached hydrogen (secondary N) is 2. The number of fused-ring (bicyclic) bond motifs is 4. The Morgan fingerprint density at radius 1 is 1.05 bits per heavy atom. The van der Waals surface area contributed by atoms with Gasteiger partial charge >= 0.3 is 6.18 Å². The van der Waals surface area contributed by atoms with E-state index in [0.717, 1.165) is 16.7 Å². The molecule has 0 spiro atoms. The van der Waals surface area contributed by atoms with Crippen LogP contribution in [0.1, 0.15) is 47.2 Å². The SMILES string of the molecule is Cc1cccc(C)c1-c1cc2nc(n1)NS(=O)(=O)c1cccc(c1)C(=O)NC(CCC1(C(F)(F)F)CC1)CO2. The summed E-state index contributed by atoms with van der Waals surface area (Å²) in [6.07, 6.45) is -4.36. The van der Waals surface area contributed by atoms with Gasteiger partial charge in [-0.25, -0.2) is 18.1 Å². The van der Waals surface area contributed by atoms with Crippen LogP contribution in [0.5, 0.6) is 5.88 Å². The summed E-state index contributed by atoms with van der Waals surface area (Å²) in [4.78, 5) is 21.5. The molecule has 0 saturated heterocycles. The molecular formula is C27H27F3N4O4S. The van der Waals surface area contributed by atoms with E-state index in [4.69, 9.17) is 4.74 Å². The summed E-state index contributed by atoms with van der Waals surface area (Å²) < 4.78 is 75.3. The molecule has 2 aliphatic rings. The molecule has 2 N–H and O–H groups in total. The van der Waals surface area contributed by atoms with E-state index < -0.39 is 33.6 Å². The number of carbonyl (C=O) groups excluding carboxylic acids is 1. The van der Waals surface area contributed by atoms with Crippen LogP contribution in [0.15, 0.2) is 53.4 Å². The average molecular weight is 561 g/mol. The Kier molecular flexibility index (Phi) is 6.78. The highest BCUT2D eigenvalue weighted by Gasteiger charge is 2.62. The highest BCUT2D eigenvalue weighted by molar-refractivity contribution is 7.92. The number of ether oxygens (including phenoxy) is 1. The average Bonchev–Trinajstić information content (AvgIpc) is 3.66. The van der Waals surface area contributed by atoms with Crippen LogP contribution in [0, 0.1) is 19.3 Å². The van der Waals surface area contributed by atoms with Crippen molar-refractivity contribution in [3.63, 3.8) is 0 Å². The fraction of sp³-hybridized carbons (Fsp3) is 0.370. The normalized spacial score (nSPS) is 19.8. The largest absolute Gasteiger partial charge is 0.475 e. The smallest absolute Gasteiger partial charge is 0.394 e. The summed E-state index contributed by atoms with van der Waals surface area (Å²) in [6, 6.07) is 11.8. The second kappa shape index (κ2) is 9.82. The Morgan fingerprint density at radius 3 is 2.41 bits per heavy atom. The second-order valence-corrected chi connectivity index (χ2v) is 11.8. The van der Waals surface area contributed by atoms with Crippen molar-refractivity contribution in [2.45, 2.75) is 56.6 Å². The number of aromatic nitrogens is 2. The standard InChI is InChI=1S/C27H27F3N4O4S/c1-16-5-3-6-17(2)23(16)21-14-22-33-25(32-21)34-39(36,37)20-8-4-7-18(13-20)24(35)31-19(15-38-22)9-10-26(11-12-26)27(28,29)30/h3-8,13-14,19H,9-12,15H2,1-2H3,(H,31,35)(H,32,33,34). The number of nitrogens with zero attached hydrogens (tertiary/aromatic N) is 2. The van der Waals surface area contributed by atoms with Gasteiger partial charge in [0.05, 0.1) is 22.0 Å². The zero-order chi connectivity index (χ0) is 28.0. The van der Waals surface area contributed by atoms with Crippen LogP contribution in [0.2, 0.25) is 0 Å². The minimum absolute atomic E-state index is 0.0162. The van der Waals surface area contributed by atoms with E-state index in [-0.39, 0.29) is 54.6 Å². The number of carbonyl (C=O) groups is 1. The lowest BCUT2D eigenvalue weighted by atomic mass is 9.96. The third kappa shape index (κ3) is 5.56. The zero-order valence-electron chi connectivity index (χ0n) is 21.3. The Hall–Kier alpha value is -3.67. The molecule has 1 aliphatic carbocycles. The maximum absolute atomic E-state index is 13.6. The van der Waals surface area contributed by atoms with Crippen molar-refractivity contribution in [3.05, 3.63) is 65.2 Å². The molecule has 1 unspecified atom stereocenters. The lowest BCUT2D eigenvalue weighted by Crippen LogP contribution is -2.40. The first-order valence-electron chi connectivity index (χ1n) is 12.5. The predicted molar refractivity (Wildman–Crippen MR) is 138 cm³/mol. The van der Waals surface area contributed by atoms with E-state index in [2.05, 4.69) is 20.0 Å². The molecule has 1 saturated carbocycles. The van der Waals surface area contributed by atoms with E-state index in [9.17, 15) is 26.4 Å². The first kappa shape index (κ1) is 26.9. The molecule has 2 aromatic carbocycles. The monoisotopic (exact) mass is 560 g/mol. The van der Waals surface area contributed by atoms with Crippen LogP contribution < -0.4 is 14.8 Å². The molecule has 12 heteroatoms. The molecule has 3 aromatic rings. The van der Waals surface area contributed by atoms with E-state index in [0.29, 0.717) is 5.69 Å². The zero-order valence-corrected chi connectivity index (χ0v) is 22.1. The van der Waals surface area contributed by atoms with Gasteiger partial charge in [-0.3, -0.25) is 4.79 Å². The van der Waals surface area contributed by atoms with Gasteiger partial charge in [0.25, 0.3) is 15.9 Å². The number of halogens is 3. The van der Waals surface area contributed by atoms with Crippen molar-refractivity contribution in [1.82, 2.24) is 15.3 Å². The van der Waals surface area contributed by atoms with Gasteiger partial charge in [0.15, 0.2) is 0 Å². The molecule has 4 bridgehead atoms. The van der Waals surface area contributed by atoms with Crippen molar-refractivity contribution in [2.24, 2.45) is 5.41 Å². The van der Waals surface area contributed by atoms with Gasteiger partial charge in [-0.15, -0.1) is 0 Å². The lowest BCUT2D eigenvalue weighted by Gasteiger charge is -2.24. The number of hydrogen-bond donors (Lipinski definition) is 2. The van der Waals surface area contributed by atoms with E-state index in [1.165, 1.54) is 24.3 Å². The first-order valence-corrected chi connectivity index (χ1v) is 13.9. The molecule has 5 rings (SSSR count). The van der Waals surface area contributed by atoms with Crippen molar-refractivity contribution < 1.29 is 31.1 Å². The van der Waals surface area contributed by atoms with Gasteiger partial charge in [0.2, 0.25) is 11.8 Å². The predicted octanol–water partition coefficient (Wildman–Crippen LogP) is 5.17. The van der Waals surface area contributed by atoms with Crippen molar-refractivity contribution in [3.8, 4) is 17.1 Å². The summed E-state index contributed by atoms with van der Waals surface area (Å²) in [7, 11) is -4.19. The number of anilines is 1. The number of aryl methyl sites for hydroxylation is 2. The molecule has 1 aliphatic heterocycles. The maximum Gasteiger partial charge on any atom is 0.394 e. The topological polar surface area (TPSA) is 110 Å². The van der Waals surface area contributed by atoms with Crippen LogP contribution in [0.3, 0.4) is 0 Å². The molecule has 1 amide bonds. The highest BCUT2D eigenvalue weighted by atomic mass is 32.2. The molecular weight excluding hydrogens is 533 g/mol. The minimum Gasteiger partial charge on any atom is -0.475 e. The molecule has 39 heavy (non-hydrogen) atoms. The van der Waals surface area contributed by atoms with Crippen LogP contribution in [0.4, 0.5) is 19.1 Å². The summed E-state index contributed by atoms with van der Waals surface area (Å²) in [5, 5.41) is 2.73. The molecule has 8 nitrogen and oxygen atoms in total. The van der Waals surface area contributed by atoms with Gasteiger partial charge in [-0.1, -0.05) is 24.3 Å². The van der Waals surface area contributed by atoms with Crippen LogP contribution >= 0.6 is 0 Å². The summed E-state index contributed by atoms with van der Waals surface area (Å²) in [5.41, 5.74) is 1.27. The van der Waals surface area contributed by atoms with Gasteiger partial charge in [0, 0.05) is 17.2 Å². The van der Waals surface area contributed by atoms with Gasteiger partial charge in [-0.2, -0.15) is 18.2 Å². The van der Waals surface area contributed by atoms with E-state index in [1.54, 1.807) is 6.07 Å². The minimum atomic E-state index is -4.32. The molecule has 1 aromatic heterocycles. The van der Waals surface area contributed by atoms with E-state index in [1.807, 2.05) is 32.0 Å². The summed E-state index contributed by atoms with van der Waals surface area (Å²) >= 11 is 0. The number of sulfonamides is 1. The lowest BCUT2D eigenvalue weighted by molar-refractivity contribution is -0.189. The fourth-order valence-corrected chi connectivity index (χ4v) is 5.79. The van der Waals surface area contributed by atoms with Gasteiger partial charge in [-0.05, 0) is 68.9 Å². The number of alkyl halides is 3.